The first-order chi connectivity index (χ1) is 18.4. The van der Waals surface area contributed by atoms with Crippen molar-refractivity contribution in [3.8, 4) is 16.9 Å². The van der Waals surface area contributed by atoms with Crippen LogP contribution in [0.4, 0.5) is 17.3 Å². The predicted octanol–water partition coefficient (Wildman–Crippen LogP) is 3.04. The Hall–Kier alpha value is -4.60. The Morgan fingerprint density at radius 1 is 1.05 bits per heavy atom. The molecule has 2 aliphatic rings. The molecule has 0 radical (unpaired) electrons. The summed E-state index contributed by atoms with van der Waals surface area (Å²) in [6.45, 7) is 4.79. The van der Waals surface area contributed by atoms with Gasteiger partial charge in [0.1, 0.15) is 24.4 Å². The summed E-state index contributed by atoms with van der Waals surface area (Å²) in [5.74, 6) is 0.144. The van der Waals surface area contributed by atoms with Crippen molar-refractivity contribution in [1.82, 2.24) is 19.3 Å². The van der Waals surface area contributed by atoms with Crippen molar-refractivity contribution in [2.45, 2.75) is 13.0 Å². The number of anilines is 3. The highest BCUT2D eigenvalue weighted by molar-refractivity contribution is 6.47. The quantitative estimate of drug-likeness (QED) is 0.325. The maximum absolute atomic E-state index is 13.3. The molecule has 1 N–H and O–H groups in total. The molecule has 2 aliphatic heterocycles. The summed E-state index contributed by atoms with van der Waals surface area (Å²) in [5, 5.41) is 7.20. The van der Waals surface area contributed by atoms with E-state index in [9.17, 15) is 9.59 Å². The second-order valence-corrected chi connectivity index (χ2v) is 9.76. The molecular weight excluding hydrogens is 482 g/mol. The summed E-state index contributed by atoms with van der Waals surface area (Å²) in [7, 11) is 3.66. The number of carbonyl (C=O) groups excluding carboxylic acids is 2. The smallest absolute Gasteiger partial charge is 0.298 e. The van der Waals surface area contributed by atoms with E-state index >= 15 is 0 Å². The van der Waals surface area contributed by atoms with Gasteiger partial charge >= 0.3 is 0 Å². The fourth-order valence-corrected chi connectivity index (χ4v) is 5.24. The van der Waals surface area contributed by atoms with Crippen LogP contribution in [0.2, 0.25) is 0 Å². The van der Waals surface area contributed by atoms with Crippen molar-refractivity contribution in [2.24, 2.45) is 14.1 Å². The van der Waals surface area contributed by atoms with E-state index in [1.165, 1.54) is 0 Å². The molecule has 0 unspecified atom stereocenters. The summed E-state index contributed by atoms with van der Waals surface area (Å²) >= 11 is 0. The van der Waals surface area contributed by atoms with E-state index in [4.69, 9.17) is 4.74 Å². The number of hydrogen-bond donors (Lipinski definition) is 1. The number of aryl methyl sites for hydroxylation is 2. The predicted molar refractivity (Wildman–Crippen MR) is 145 cm³/mol. The fourth-order valence-electron chi connectivity index (χ4n) is 5.24. The summed E-state index contributed by atoms with van der Waals surface area (Å²) in [5.41, 5.74) is 4.39. The van der Waals surface area contributed by atoms with Gasteiger partial charge in [-0.1, -0.05) is 30.3 Å². The van der Waals surface area contributed by atoms with Gasteiger partial charge in [-0.25, -0.2) is 4.98 Å². The number of amides is 1. The maximum Gasteiger partial charge on any atom is 0.298 e. The molecule has 2 aromatic carbocycles. The van der Waals surface area contributed by atoms with Crippen LogP contribution in [0.15, 0.2) is 60.9 Å². The van der Waals surface area contributed by atoms with E-state index < -0.39 is 11.7 Å². The first-order valence-electron chi connectivity index (χ1n) is 12.6. The lowest BCUT2D eigenvalue weighted by Crippen LogP contribution is -2.57. The molecular formula is C28H29N7O3. The van der Waals surface area contributed by atoms with Crippen LogP contribution in [0.3, 0.4) is 0 Å². The number of hydrogen-bond acceptors (Lipinski definition) is 7. The van der Waals surface area contributed by atoms with Gasteiger partial charge in [-0.15, -0.1) is 5.10 Å². The highest BCUT2D eigenvalue weighted by Crippen LogP contribution is 2.38. The largest absolute Gasteiger partial charge is 0.489 e. The number of benzene rings is 2. The van der Waals surface area contributed by atoms with E-state index in [0.717, 1.165) is 48.1 Å². The molecule has 194 valence electrons. The Morgan fingerprint density at radius 3 is 2.63 bits per heavy atom. The van der Waals surface area contributed by atoms with E-state index in [1.54, 1.807) is 28.7 Å². The van der Waals surface area contributed by atoms with Gasteiger partial charge in [0, 0.05) is 56.7 Å². The first-order valence-corrected chi connectivity index (χ1v) is 12.6. The van der Waals surface area contributed by atoms with Crippen LogP contribution in [0.25, 0.3) is 11.1 Å². The zero-order chi connectivity index (χ0) is 26.4. The number of nitrogens with one attached hydrogen (secondary N) is 1. The van der Waals surface area contributed by atoms with E-state index in [2.05, 4.69) is 25.2 Å². The van der Waals surface area contributed by atoms with Crippen LogP contribution in [0, 0.1) is 6.92 Å². The van der Waals surface area contributed by atoms with Crippen LogP contribution < -0.4 is 19.9 Å². The molecule has 1 amide bonds. The van der Waals surface area contributed by atoms with Crippen LogP contribution in [-0.2, 0) is 18.9 Å². The standard InChI is InChI=1S/C28H29N7O3/c1-18-13-22(19-7-5-4-6-8-19)25(33(18)3)26(36)27(37)30-20-9-10-23-24(14-20)38-16-21-15-34(11-12-35(21)23)28-29-17-32(2)31-28/h4-10,13-14,17,21H,11-12,15-16H2,1-3H3,(H,30,37)/t21-/m1/s1. The molecule has 0 aliphatic carbocycles. The van der Waals surface area contributed by atoms with Crippen molar-refractivity contribution < 1.29 is 14.3 Å². The molecule has 1 fully saturated rings. The number of fused-ring (bicyclic) bond motifs is 3. The van der Waals surface area contributed by atoms with Gasteiger partial charge in [-0.05, 0) is 30.7 Å². The topological polar surface area (TPSA) is 97.5 Å². The van der Waals surface area contributed by atoms with Crippen molar-refractivity contribution in [1.29, 1.82) is 0 Å². The second-order valence-electron chi connectivity index (χ2n) is 9.76. The number of rotatable bonds is 5. The zero-order valence-corrected chi connectivity index (χ0v) is 21.6. The molecule has 4 aromatic rings. The molecule has 0 spiro atoms. The molecule has 10 nitrogen and oxygen atoms in total. The van der Waals surface area contributed by atoms with E-state index in [0.29, 0.717) is 23.7 Å². The summed E-state index contributed by atoms with van der Waals surface area (Å²) in [6.07, 6.45) is 1.70. The van der Waals surface area contributed by atoms with Gasteiger partial charge in [0.15, 0.2) is 0 Å². The number of ketones is 1. The molecule has 38 heavy (non-hydrogen) atoms. The van der Waals surface area contributed by atoms with Crippen LogP contribution in [0.1, 0.15) is 16.2 Å². The van der Waals surface area contributed by atoms with Crippen molar-refractivity contribution >= 4 is 29.0 Å². The van der Waals surface area contributed by atoms with Crippen molar-refractivity contribution in [2.75, 3.05) is 41.4 Å². The van der Waals surface area contributed by atoms with Crippen molar-refractivity contribution in [3.63, 3.8) is 0 Å². The Bertz CT molecular complexity index is 1520. The maximum atomic E-state index is 13.3. The SMILES string of the molecule is Cc1cc(-c2ccccc2)c(C(=O)C(=O)Nc2ccc3c(c2)OC[C@H]2CN(c4ncn(C)n4)CCN32)n1C. The molecule has 6 rings (SSSR count). The minimum atomic E-state index is -0.687. The van der Waals surface area contributed by atoms with Crippen LogP contribution in [-0.4, -0.2) is 63.3 Å². The van der Waals surface area contributed by atoms with Gasteiger partial charge < -0.3 is 24.4 Å². The molecule has 0 saturated carbocycles. The lowest BCUT2D eigenvalue weighted by molar-refractivity contribution is -0.112. The number of nitrogens with zero attached hydrogens (tertiary/aromatic N) is 6. The minimum absolute atomic E-state index is 0.166. The Labute approximate surface area is 220 Å². The van der Waals surface area contributed by atoms with Gasteiger partial charge in [0.25, 0.3) is 11.7 Å². The third kappa shape index (κ3) is 4.17. The second kappa shape index (κ2) is 9.37. The molecule has 1 atom stereocenters. The average Bonchev–Trinajstić information content (AvgIpc) is 3.50. The number of ether oxygens (including phenoxy) is 1. The summed E-state index contributed by atoms with van der Waals surface area (Å²) < 4.78 is 9.56. The monoisotopic (exact) mass is 511 g/mol. The Kier molecular flexibility index (Phi) is 5.86. The number of aromatic nitrogens is 4. The molecule has 4 heterocycles. The molecule has 1 saturated heterocycles. The van der Waals surface area contributed by atoms with Gasteiger partial charge in [-0.3, -0.25) is 14.3 Å². The molecule has 2 aromatic heterocycles. The number of carbonyl (C=O) groups is 2. The van der Waals surface area contributed by atoms with Gasteiger partial charge in [0.05, 0.1) is 11.7 Å². The first kappa shape index (κ1) is 23.8. The van der Waals surface area contributed by atoms with Gasteiger partial charge in [-0.2, -0.15) is 0 Å². The lowest BCUT2D eigenvalue weighted by atomic mass is 10.0. The Balaban J connectivity index is 1.18. The van der Waals surface area contributed by atoms with E-state index in [1.807, 2.05) is 62.5 Å². The minimum Gasteiger partial charge on any atom is -0.489 e. The normalized spacial score (nSPS) is 16.4. The highest BCUT2D eigenvalue weighted by atomic mass is 16.5. The summed E-state index contributed by atoms with van der Waals surface area (Å²) in [4.78, 5) is 35.3. The highest BCUT2D eigenvalue weighted by Gasteiger charge is 2.34. The third-order valence-electron chi connectivity index (χ3n) is 7.29. The summed E-state index contributed by atoms with van der Waals surface area (Å²) in [6, 6.07) is 17.3. The fraction of sp³-hybridized carbons (Fsp3) is 0.286. The van der Waals surface area contributed by atoms with Crippen molar-refractivity contribution in [3.05, 3.63) is 72.3 Å². The third-order valence-corrected chi connectivity index (χ3v) is 7.29. The molecule has 0 bridgehead atoms. The molecule has 10 heteroatoms. The lowest BCUT2D eigenvalue weighted by Gasteiger charge is -2.45. The van der Waals surface area contributed by atoms with Gasteiger partial charge in [0.2, 0.25) is 5.95 Å². The number of Topliss-reactive ketones (excluding diaryl/α,β-unsaturated/α-hetero) is 1. The number of piperazine rings is 1. The zero-order valence-electron chi connectivity index (χ0n) is 21.6. The Morgan fingerprint density at radius 2 is 1.87 bits per heavy atom. The average molecular weight is 512 g/mol. The van der Waals surface area contributed by atoms with Crippen LogP contribution in [0.5, 0.6) is 5.75 Å². The van der Waals surface area contributed by atoms with E-state index in [-0.39, 0.29) is 6.04 Å². The van der Waals surface area contributed by atoms with Crippen LogP contribution >= 0.6 is 0 Å².